The molecule has 0 saturated carbocycles. The lowest BCUT2D eigenvalue weighted by Gasteiger charge is -2.14. The molecule has 0 unspecified atom stereocenters. The molecule has 1 atom stereocenters. The van der Waals surface area contributed by atoms with Crippen molar-refractivity contribution in [2.24, 2.45) is 0 Å². The summed E-state index contributed by atoms with van der Waals surface area (Å²) in [6, 6.07) is 4.69. The van der Waals surface area contributed by atoms with Crippen LogP contribution in [-0.2, 0) is 14.3 Å². The molecular weight excluding hydrogens is 279 g/mol. The zero-order valence-corrected chi connectivity index (χ0v) is 11.8. The molecule has 1 rings (SSSR count). The van der Waals surface area contributed by atoms with Crippen molar-refractivity contribution in [1.82, 2.24) is 5.32 Å². The van der Waals surface area contributed by atoms with Gasteiger partial charge in [-0.2, -0.15) is 0 Å². The Morgan fingerprint density at radius 2 is 2.10 bits per heavy atom. The Morgan fingerprint density at radius 3 is 2.71 bits per heavy atom. The van der Waals surface area contributed by atoms with E-state index in [9.17, 15) is 14.0 Å². The van der Waals surface area contributed by atoms with Gasteiger partial charge in [0.15, 0.2) is 0 Å². The van der Waals surface area contributed by atoms with Crippen molar-refractivity contribution in [3.63, 3.8) is 0 Å². The van der Waals surface area contributed by atoms with Crippen LogP contribution in [0.5, 0.6) is 0 Å². The van der Waals surface area contributed by atoms with E-state index in [0.717, 1.165) is 0 Å². The highest BCUT2D eigenvalue weighted by molar-refractivity contribution is 5.94. The second kappa shape index (κ2) is 9.04. The van der Waals surface area contributed by atoms with E-state index in [1.54, 1.807) is 13.2 Å². The normalized spacial score (nSPS) is 11.9. The number of para-hydroxylation sites is 1. The summed E-state index contributed by atoms with van der Waals surface area (Å²) in [4.78, 5) is 22.8. The van der Waals surface area contributed by atoms with Crippen molar-refractivity contribution in [2.75, 3.05) is 25.6 Å². The molecule has 0 heterocycles. The predicted octanol–water partition coefficient (Wildman–Crippen LogP) is 1.23. The van der Waals surface area contributed by atoms with Crippen LogP contribution >= 0.6 is 0 Å². The van der Waals surface area contributed by atoms with Gasteiger partial charge in [0.1, 0.15) is 11.9 Å². The van der Waals surface area contributed by atoms with E-state index in [0.29, 0.717) is 19.6 Å². The van der Waals surface area contributed by atoms with E-state index < -0.39 is 23.7 Å². The molecule has 0 spiro atoms. The molecule has 0 radical (unpaired) electrons. The van der Waals surface area contributed by atoms with Gasteiger partial charge in [-0.25, -0.2) is 4.39 Å². The maximum Gasteiger partial charge on any atom is 0.321 e. The molecule has 1 amide bonds. The van der Waals surface area contributed by atoms with Crippen molar-refractivity contribution < 1.29 is 23.8 Å². The zero-order valence-electron chi connectivity index (χ0n) is 11.8. The fourth-order valence-electron chi connectivity index (χ4n) is 1.69. The van der Waals surface area contributed by atoms with E-state index in [4.69, 9.17) is 9.84 Å². The van der Waals surface area contributed by atoms with Gasteiger partial charge < -0.3 is 20.5 Å². The zero-order chi connectivity index (χ0) is 15.7. The summed E-state index contributed by atoms with van der Waals surface area (Å²) in [6.07, 6.45) is 0.353. The number of aliphatic carboxylic acids is 1. The topological polar surface area (TPSA) is 87.7 Å². The molecule has 0 aliphatic heterocycles. The highest BCUT2D eigenvalue weighted by Crippen LogP contribution is 2.12. The fourth-order valence-corrected chi connectivity index (χ4v) is 1.69. The van der Waals surface area contributed by atoms with Gasteiger partial charge in [-0.1, -0.05) is 12.1 Å². The minimum Gasteiger partial charge on any atom is -0.480 e. The van der Waals surface area contributed by atoms with Crippen LogP contribution in [0.2, 0.25) is 0 Å². The van der Waals surface area contributed by atoms with Crippen LogP contribution in [0, 0.1) is 5.82 Å². The van der Waals surface area contributed by atoms with Gasteiger partial charge in [0, 0.05) is 13.7 Å². The number of carbonyl (C=O) groups excluding carboxylic acids is 1. The Hall–Kier alpha value is -1.99. The third kappa shape index (κ3) is 6.33. The summed E-state index contributed by atoms with van der Waals surface area (Å²) >= 11 is 0. The van der Waals surface area contributed by atoms with Crippen LogP contribution in [0.4, 0.5) is 10.1 Å². The number of amides is 1. The van der Waals surface area contributed by atoms with Crippen molar-refractivity contribution >= 4 is 17.6 Å². The number of anilines is 1. The lowest BCUT2D eigenvalue weighted by molar-refractivity contribution is -0.141. The number of rotatable bonds is 9. The highest BCUT2D eigenvalue weighted by Gasteiger charge is 2.20. The maximum atomic E-state index is 13.4. The average molecular weight is 298 g/mol. The smallest absolute Gasteiger partial charge is 0.321 e. The average Bonchev–Trinajstić information content (AvgIpc) is 2.44. The summed E-state index contributed by atoms with van der Waals surface area (Å²) in [5, 5.41) is 14.2. The molecule has 0 aromatic heterocycles. The van der Waals surface area contributed by atoms with Gasteiger partial charge in [-0.05, 0) is 25.1 Å². The third-order valence-electron chi connectivity index (χ3n) is 2.75. The predicted molar refractivity (Wildman–Crippen MR) is 75.6 cm³/mol. The Balaban J connectivity index is 2.49. The molecule has 7 heteroatoms. The minimum absolute atomic E-state index is 0.0334. The van der Waals surface area contributed by atoms with E-state index >= 15 is 0 Å². The summed E-state index contributed by atoms with van der Waals surface area (Å²) in [5.41, 5.74) is 0.0334. The standard InChI is InChI=1S/C14H19FN2O4/c1-21-8-4-7-16-12(14(19)20)9-13(18)17-11-6-3-2-5-10(11)15/h2-3,5-6,12,16H,4,7-9H2,1H3,(H,17,18)(H,19,20)/t12-/m1/s1. The first-order valence-electron chi connectivity index (χ1n) is 6.54. The van der Waals surface area contributed by atoms with Crippen molar-refractivity contribution in [1.29, 1.82) is 0 Å². The first kappa shape index (κ1) is 17.1. The Kier molecular flexibility index (Phi) is 7.34. The molecule has 0 saturated heterocycles. The molecule has 0 bridgehead atoms. The Labute approximate surface area is 122 Å². The number of methoxy groups -OCH3 is 1. The summed E-state index contributed by atoms with van der Waals surface area (Å²) < 4.78 is 18.2. The van der Waals surface area contributed by atoms with Crippen LogP contribution in [0.25, 0.3) is 0 Å². The quantitative estimate of drug-likeness (QED) is 0.597. The number of benzene rings is 1. The third-order valence-corrected chi connectivity index (χ3v) is 2.75. The van der Waals surface area contributed by atoms with Gasteiger partial charge in [-0.3, -0.25) is 9.59 Å². The van der Waals surface area contributed by atoms with E-state index in [1.807, 2.05) is 0 Å². The minimum atomic E-state index is -1.13. The van der Waals surface area contributed by atoms with Crippen LogP contribution < -0.4 is 10.6 Å². The van der Waals surface area contributed by atoms with Crippen LogP contribution in [0.15, 0.2) is 24.3 Å². The first-order chi connectivity index (χ1) is 10.0. The summed E-state index contributed by atoms with van der Waals surface area (Å²) in [7, 11) is 1.55. The summed E-state index contributed by atoms with van der Waals surface area (Å²) in [6.45, 7) is 0.915. The molecule has 1 aromatic carbocycles. The molecule has 6 nitrogen and oxygen atoms in total. The number of ether oxygens (including phenoxy) is 1. The van der Waals surface area contributed by atoms with Crippen molar-refractivity contribution in [3.05, 3.63) is 30.1 Å². The van der Waals surface area contributed by atoms with Crippen LogP contribution in [0.1, 0.15) is 12.8 Å². The van der Waals surface area contributed by atoms with E-state index in [-0.39, 0.29) is 12.1 Å². The monoisotopic (exact) mass is 298 g/mol. The molecule has 3 N–H and O–H groups in total. The number of carboxylic acid groups (broad SMARTS) is 1. The second-order valence-electron chi connectivity index (χ2n) is 4.42. The number of carboxylic acids is 1. The molecule has 0 fully saturated rings. The number of halogens is 1. The highest BCUT2D eigenvalue weighted by atomic mass is 19.1. The van der Waals surface area contributed by atoms with E-state index in [1.165, 1.54) is 18.2 Å². The summed E-state index contributed by atoms with van der Waals surface area (Å²) in [5.74, 6) is -2.26. The molecule has 116 valence electrons. The fraction of sp³-hybridized carbons (Fsp3) is 0.429. The largest absolute Gasteiger partial charge is 0.480 e. The number of hydrogen-bond donors (Lipinski definition) is 3. The Bertz CT molecular complexity index is 482. The van der Waals surface area contributed by atoms with Crippen LogP contribution in [0.3, 0.4) is 0 Å². The second-order valence-corrected chi connectivity index (χ2v) is 4.42. The number of carbonyl (C=O) groups is 2. The van der Waals surface area contributed by atoms with Crippen molar-refractivity contribution in [3.8, 4) is 0 Å². The van der Waals surface area contributed by atoms with Crippen LogP contribution in [-0.4, -0.2) is 43.3 Å². The molecule has 0 aliphatic rings. The van der Waals surface area contributed by atoms with Crippen molar-refractivity contribution in [2.45, 2.75) is 18.9 Å². The van der Waals surface area contributed by atoms with E-state index in [2.05, 4.69) is 10.6 Å². The maximum absolute atomic E-state index is 13.4. The SMILES string of the molecule is COCCCN[C@H](CC(=O)Nc1ccccc1F)C(=O)O. The van der Waals surface area contributed by atoms with Gasteiger partial charge in [-0.15, -0.1) is 0 Å². The lowest BCUT2D eigenvalue weighted by atomic mass is 10.2. The molecular formula is C14H19FN2O4. The Morgan fingerprint density at radius 1 is 1.38 bits per heavy atom. The number of nitrogens with one attached hydrogen (secondary N) is 2. The molecule has 1 aromatic rings. The number of hydrogen-bond acceptors (Lipinski definition) is 4. The van der Waals surface area contributed by atoms with Gasteiger partial charge in [0.25, 0.3) is 0 Å². The molecule has 0 aliphatic carbocycles. The van der Waals surface area contributed by atoms with Gasteiger partial charge in [0.2, 0.25) is 5.91 Å². The van der Waals surface area contributed by atoms with Gasteiger partial charge >= 0.3 is 5.97 Å². The molecule has 21 heavy (non-hydrogen) atoms. The first-order valence-corrected chi connectivity index (χ1v) is 6.54. The lowest BCUT2D eigenvalue weighted by Crippen LogP contribution is -2.40. The van der Waals surface area contributed by atoms with Gasteiger partial charge in [0.05, 0.1) is 12.1 Å².